The summed E-state index contributed by atoms with van der Waals surface area (Å²) in [5, 5.41) is 12.2. The molecule has 0 atom stereocenters. The van der Waals surface area contributed by atoms with E-state index < -0.39 is 0 Å². The number of hydrogen-bond acceptors (Lipinski definition) is 3. The van der Waals surface area contributed by atoms with Crippen LogP contribution in [0.15, 0.2) is 0 Å². The molecule has 0 aromatic rings. The molecule has 0 aliphatic heterocycles. The normalized spacial score (nSPS) is 23.3. The molecule has 0 aromatic heterocycles. The van der Waals surface area contributed by atoms with Crippen LogP contribution >= 0.6 is 0 Å². The van der Waals surface area contributed by atoms with Gasteiger partial charge in [0, 0.05) is 18.6 Å². The molecule has 2 N–H and O–H groups in total. The minimum atomic E-state index is -0.125. The Morgan fingerprint density at radius 3 is 2.64 bits per heavy atom. The molecule has 0 spiro atoms. The molecule has 80 valence electrons. The Kier molecular flexibility index (Phi) is 2.49. The second-order valence-corrected chi connectivity index (χ2v) is 4.53. The average molecular weight is 198 g/mol. The number of nitrogens with one attached hydrogen (secondary N) is 1. The maximum atomic E-state index is 11.6. The lowest BCUT2D eigenvalue weighted by molar-refractivity contribution is -0.129. The third kappa shape index (κ3) is 2.07. The highest BCUT2D eigenvalue weighted by atomic mass is 16.3. The van der Waals surface area contributed by atoms with Crippen molar-refractivity contribution >= 4 is 5.91 Å². The SMILES string of the molecule is CN(C(=O)CNC1(CO)CC1)C1CC1. The molecule has 4 heteroatoms. The zero-order valence-corrected chi connectivity index (χ0v) is 8.62. The van der Waals surface area contributed by atoms with Gasteiger partial charge in [-0.25, -0.2) is 0 Å². The van der Waals surface area contributed by atoms with Crippen LogP contribution in [-0.4, -0.2) is 47.7 Å². The van der Waals surface area contributed by atoms with Crippen LogP contribution in [0.25, 0.3) is 0 Å². The molecule has 2 aliphatic carbocycles. The maximum absolute atomic E-state index is 11.6. The number of nitrogens with zero attached hydrogens (tertiary/aromatic N) is 1. The lowest BCUT2D eigenvalue weighted by Gasteiger charge is -2.19. The Labute approximate surface area is 84.3 Å². The van der Waals surface area contributed by atoms with E-state index in [1.165, 1.54) is 0 Å². The summed E-state index contributed by atoms with van der Waals surface area (Å²) in [7, 11) is 1.86. The summed E-state index contributed by atoms with van der Waals surface area (Å²) in [5.74, 6) is 0.146. The number of rotatable bonds is 5. The molecule has 0 unspecified atom stereocenters. The second kappa shape index (κ2) is 3.51. The quantitative estimate of drug-likeness (QED) is 0.639. The molecule has 14 heavy (non-hydrogen) atoms. The van der Waals surface area contributed by atoms with Crippen molar-refractivity contribution in [3.8, 4) is 0 Å². The van der Waals surface area contributed by atoms with Crippen LogP contribution in [0.5, 0.6) is 0 Å². The fourth-order valence-electron chi connectivity index (χ4n) is 1.59. The summed E-state index contributed by atoms with van der Waals surface area (Å²) in [5.41, 5.74) is -0.125. The van der Waals surface area contributed by atoms with E-state index in [9.17, 15) is 4.79 Å². The van der Waals surface area contributed by atoms with Gasteiger partial charge in [-0.2, -0.15) is 0 Å². The molecule has 1 amide bonds. The van der Waals surface area contributed by atoms with E-state index in [0.29, 0.717) is 12.6 Å². The zero-order valence-electron chi connectivity index (χ0n) is 8.62. The number of likely N-dealkylation sites (N-methyl/N-ethyl adjacent to an activating group) is 1. The van der Waals surface area contributed by atoms with Crippen molar-refractivity contribution in [3.05, 3.63) is 0 Å². The van der Waals surface area contributed by atoms with E-state index in [-0.39, 0.29) is 18.1 Å². The van der Waals surface area contributed by atoms with Gasteiger partial charge in [-0.15, -0.1) is 0 Å². The van der Waals surface area contributed by atoms with Crippen molar-refractivity contribution < 1.29 is 9.90 Å². The van der Waals surface area contributed by atoms with Crippen molar-refractivity contribution in [1.29, 1.82) is 0 Å². The molecule has 0 saturated heterocycles. The number of carbonyl (C=O) groups is 1. The van der Waals surface area contributed by atoms with E-state index in [1.54, 1.807) is 0 Å². The summed E-state index contributed by atoms with van der Waals surface area (Å²) in [4.78, 5) is 13.4. The number of amides is 1. The van der Waals surface area contributed by atoms with Crippen molar-refractivity contribution in [2.75, 3.05) is 20.2 Å². The maximum Gasteiger partial charge on any atom is 0.236 e. The van der Waals surface area contributed by atoms with Gasteiger partial charge in [0.05, 0.1) is 13.2 Å². The first kappa shape index (κ1) is 9.93. The summed E-state index contributed by atoms with van der Waals surface area (Å²) >= 11 is 0. The van der Waals surface area contributed by atoms with Crippen molar-refractivity contribution in [2.24, 2.45) is 0 Å². The predicted octanol–water partition coefficient (Wildman–Crippen LogP) is -0.278. The van der Waals surface area contributed by atoms with Crippen molar-refractivity contribution in [3.63, 3.8) is 0 Å². The van der Waals surface area contributed by atoms with Gasteiger partial charge in [-0.05, 0) is 25.7 Å². The van der Waals surface area contributed by atoms with Gasteiger partial charge in [-0.1, -0.05) is 0 Å². The molecule has 0 heterocycles. The zero-order chi connectivity index (χ0) is 10.2. The Bertz CT molecular complexity index is 234. The van der Waals surface area contributed by atoms with Crippen LogP contribution in [0.3, 0.4) is 0 Å². The predicted molar refractivity (Wildman–Crippen MR) is 52.8 cm³/mol. The van der Waals surface area contributed by atoms with Gasteiger partial charge in [0.15, 0.2) is 0 Å². The summed E-state index contributed by atoms with van der Waals surface area (Å²) < 4.78 is 0. The Balaban J connectivity index is 1.71. The molecule has 2 saturated carbocycles. The highest BCUT2D eigenvalue weighted by molar-refractivity contribution is 5.78. The minimum Gasteiger partial charge on any atom is -0.394 e. The smallest absolute Gasteiger partial charge is 0.236 e. The molecule has 0 bridgehead atoms. The molecule has 2 fully saturated rings. The van der Waals surface area contributed by atoms with E-state index in [4.69, 9.17) is 5.11 Å². The van der Waals surface area contributed by atoms with Crippen LogP contribution < -0.4 is 5.32 Å². The molecular weight excluding hydrogens is 180 g/mol. The van der Waals surface area contributed by atoms with Gasteiger partial charge in [0.1, 0.15) is 0 Å². The number of aliphatic hydroxyl groups is 1. The molecule has 2 rings (SSSR count). The van der Waals surface area contributed by atoms with Crippen LogP contribution in [0.2, 0.25) is 0 Å². The second-order valence-electron chi connectivity index (χ2n) is 4.53. The van der Waals surface area contributed by atoms with E-state index in [1.807, 2.05) is 11.9 Å². The van der Waals surface area contributed by atoms with Crippen LogP contribution in [0.4, 0.5) is 0 Å². The molecule has 2 aliphatic rings. The van der Waals surface area contributed by atoms with Gasteiger partial charge in [-0.3, -0.25) is 4.79 Å². The van der Waals surface area contributed by atoms with E-state index >= 15 is 0 Å². The van der Waals surface area contributed by atoms with Gasteiger partial charge in [0.25, 0.3) is 0 Å². The standard InChI is InChI=1S/C10H18N2O2/c1-12(8-2-3-8)9(14)6-11-10(7-13)4-5-10/h8,11,13H,2-7H2,1H3. The first-order valence-electron chi connectivity index (χ1n) is 5.28. The summed E-state index contributed by atoms with van der Waals surface area (Å²) in [6.45, 7) is 0.515. The summed E-state index contributed by atoms with van der Waals surface area (Å²) in [6.07, 6.45) is 4.27. The minimum absolute atomic E-state index is 0.125. The summed E-state index contributed by atoms with van der Waals surface area (Å²) in [6, 6.07) is 0.480. The fourth-order valence-corrected chi connectivity index (χ4v) is 1.59. The molecular formula is C10H18N2O2. The van der Waals surface area contributed by atoms with Crippen LogP contribution in [0, 0.1) is 0 Å². The largest absolute Gasteiger partial charge is 0.394 e. The van der Waals surface area contributed by atoms with Crippen LogP contribution in [-0.2, 0) is 4.79 Å². The van der Waals surface area contributed by atoms with Gasteiger partial charge < -0.3 is 15.3 Å². The number of hydrogen-bond donors (Lipinski definition) is 2. The number of aliphatic hydroxyl groups excluding tert-OH is 1. The van der Waals surface area contributed by atoms with Crippen LogP contribution in [0.1, 0.15) is 25.7 Å². The Morgan fingerprint density at radius 1 is 1.57 bits per heavy atom. The third-order valence-electron chi connectivity index (χ3n) is 3.26. The third-order valence-corrected chi connectivity index (χ3v) is 3.26. The first-order chi connectivity index (χ1) is 6.67. The highest BCUT2D eigenvalue weighted by Gasteiger charge is 2.42. The molecule has 4 nitrogen and oxygen atoms in total. The lowest BCUT2D eigenvalue weighted by Crippen LogP contribution is -2.43. The van der Waals surface area contributed by atoms with Gasteiger partial charge in [0.2, 0.25) is 5.91 Å². The monoisotopic (exact) mass is 198 g/mol. The Morgan fingerprint density at radius 2 is 2.21 bits per heavy atom. The van der Waals surface area contributed by atoms with Gasteiger partial charge >= 0.3 is 0 Å². The lowest BCUT2D eigenvalue weighted by atomic mass is 10.3. The Hall–Kier alpha value is -0.610. The topological polar surface area (TPSA) is 52.6 Å². The number of carbonyl (C=O) groups excluding carboxylic acids is 1. The highest BCUT2D eigenvalue weighted by Crippen LogP contribution is 2.34. The molecule has 0 radical (unpaired) electrons. The average Bonchev–Trinajstić information content (AvgIpc) is 3.04. The van der Waals surface area contributed by atoms with Crippen molar-refractivity contribution in [2.45, 2.75) is 37.3 Å². The fraction of sp³-hybridized carbons (Fsp3) is 0.900. The first-order valence-corrected chi connectivity index (χ1v) is 5.28. The van der Waals surface area contributed by atoms with Crippen molar-refractivity contribution in [1.82, 2.24) is 10.2 Å². The van der Waals surface area contributed by atoms with E-state index in [0.717, 1.165) is 25.7 Å². The van der Waals surface area contributed by atoms with E-state index in [2.05, 4.69) is 5.32 Å². The molecule has 0 aromatic carbocycles.